The summed E-state index contributed by atoms with van der Waals surface area (Å²) in [5, 5.41) is 0. The van der Waals surface area contributed by atoms with Crippen molar-refractivity contribution in [3.63, 3.8) is 0 Å². The molecule has 0 radical (unpaired) electrons. The third-order valence-corrected chi connectivity index (χ3v) is 3.19. The van der Waals surface area contributed by atoms with Crippen LogP contribution in [0, 0.1) is 0 Å². The van der Waals surface area contributed by atoms with Crippen LogP contribution in [0.4, 0.5) is 0 Å². The molecule has 1 aliphatic rings. The Balaban J connectivity index is 1.98. The molecule has 2 nitrogen and oxygen atoms in total. The third kappa shape index (κ3) is 2.04. The lowest BCUT2D eigenvalue weighted by Crippen LogP contribution is -2.47. The molecule has 2 rings (SSSR count). The number of aryl methyl sites for hydroxylation is 1. The molecule has 15 heavy (non-hydrogen) atoms. The van der Waals surface area contributed by atoms with Crippen LogP contribution in [0.1, 0.15) is 30.9 Å². The van der Waals surface area contributed by atoms with E-state index in [1.807, 2.05) is 4.90 Å². The minimum atomic E-state index is 0.191. The van der Waals surface area contributed by atoms with Crippen LogP contribution in [0.3, 0.4) is 0 Å². The van der Waals surface area contributed by atoms with E-state index in [4.69, 9.17) is 0 Å². The van der Waals surface area contributed by atoms with Crippen molar-refractivity contribution in [1.82, 2.24) is 4.90 Å². The van der Waals surface area contributed by atoms with Crippen molar-refractivity contribution in [1.29, 1.82) is 0 Å². The Hall–Kier alpha value is -1.31. The van der Waals surface area contributed by atoms with Gasteiger partial charge in [-0.1, -0.05) is 31.2 Å². The Bertz CT molecular complexity index is 349. The smallest absolute Gasteiger partial charge is 0.219 e. The fraction of sp³-hybridized carbons (Fsp3) is 0.462. The maximum Gasteiger partial charge on any atom is 0.219 e. The van der Waals surface area contributed by atoms with Crippen molar-refractivity contribution in [3.8, 4) is 0 Å². The molecule has 0 unspecified atom stereocenters. The van der Waals surface area contributed by atoms with Gasteiger partial charge in [0.1, 0.15) is 0 Å². The first kappa shape index (κ1) is 10.2. The highest BCUT2D eigenvalue weighted by molar-refractivity contribution is 5.74. The van der Waals surface area contributed by atoms with Gasteiger partial charge in [0.25, 0.3) is 0 Å². The Labute approximate surface area is 90.9 Å². The van der Waals surface area contributed by atoms with Gasteiger partial charge in [-0.25, -0.2) is 0 Å². The molecule has 2 heteroatoms. The van der Waals surface area contributed by atoms with Crippen LogP contribution in [0.2, 0.25) is 0 Å². The molecule has 0 bridgehead atoms. The number of carbonyl (C=O) groups is 1. The summed E-state index contributed by atoms with van der Waals surface area (Å²) >= 11 is 0. The van der Waals surface area contributed by atoms with Gasteiger partial charge in [0, 0.05) is 25.9 Å². The van der Waals surface area contributed by atoms with Gasteiger partial charge in [-0.3, -0.25) is 4.79 Å². The molecular formula is C13H17NO. The number of amides is 1. The van der Waals surface area contributed by atoms with Gasteiger partial charge in [0.05, 0.1) is 0 Å². The topological polar surface area (TPSA) is 20.3 Å². The highest BCUT2D eigenvalue weighted by atomic mass is 16.2. The second kappa shape index (κ2) is 4.05. The predicted octanol–water partition coefficient (Wildman–Crippen LogP) is 2.19. The molecule has 1 aromatic carbocycles. The summed E-state index contributed by atoms with van der Waals surface area (Å²) in [5.74, 6) is 0.747. The Morgan fingerprint density at radius 2 is 1.93 bits per heavy atom. The second-order valence-electron chi connectivity index (χ2n) is 4.22. The molecular weight excluding hydrogens is 186 g/mol. The first-order valence-electron chi connectivity index (χ1n) is 5.55. The lowest BCUT2D eigenvalue weighted by Gasteiger charge is -2.39. The normalized spacial score (nSPS) is 16.3. The van der Waals surface area contributed by atoms with Gasteiger partial charge in [0.2, 0.25) is 5.91 Å². The summed E-state index contributed by atoms with van der Waals surface area (Å²) in [5.41, 5.74) is 2.74. The zero-order valence-electron chi connectivity index (χ0n) is 9.36. The van der Waals surface area contributed by atoms with Crippen molar-refractivity contribution in [2.75, 3.05) is 13.1 Å². The molecule has 0 aromatic heterocycles. The number of carbonyl (C=O) groups excluding carboxylic acids is 1. The molecule has 1 aromatic rings. The van der Waals surface area contributed by atoms with Crippen LogP contribution in [-0.2, 0) is 11.2 Å². The van der Waals surface area contributed by atoms with E-state index in [9.17, 15) is 4.79 Å². The highest BCUT2D eigenvalue weighted by Gasteiger charge is 2.29. The Morgan fingerprint density at radius 3 is 2.40 bits per heavy atom. The molecule has 1 saturated heterocycles. The molecule has 0 spiro atoms. The van der Waals surface area contributed by atoms with E-state index in [1.54, 1.807) is 6.92 Å². The lowest BCUT2D eigenvalue weighted by molar-refractivity contribution is -0.133. The maximum absolute atomic E-state index is 11.0. The first-order chi connectivity index (χ1) is 7.20. The molecule has 80 valence electrons. The number of hydrogen-bond acceptors (Lipinski definition) is 1. The number of likely N-dealkylation sites (tertiary alicyclic amines) is 1. The quantitative estimate of drug-likeness (QED) is 0.721. The Kier molecular flexibility index (Phi) is 2.76. The minimum absolute atomic E-state index is 0.191. The zero-order chi connectivity index (χ0) is 10.8. The maximum atomic E-state index is 11.0. The first-order valence-corrected chi connectivity index (χ1v) is 5.55. The van der Waals surface area contributed by atoms with E-state index >= 15 is 0 Å². The van der Waals surface area contributed by atoms with E-state index in [-0.39, 0.29) is 5.91 Å². The minimum Gasteiger partial charge on any atom is -0.342 e. The van der Waals surface area contributed by atoms with Crippen LogP contribution in [0.15, 0.2) is 24.3 Å². The van der Waals surface area contributed by atoms with Crippen LogP contribution < -0.4 is 0 Å². The molecule has 0 aliphatic carbocycles. The number of hydrogen-bond donors (Lipinski definition) is 0. The third-order valence-electron chi connectivity index (χ3n) is 3.19. The van der Waals surface area contributed by atoms with Crippen molar-refractivity contribution in [2.24, 2.45) is 0 Å². The SMILES string of the molecule is CCc1ccc(C2CN(C(C)=O)C2)cc1. The number of benzene rings is 1. The summed E-state index contributed by atoms with van der Waals surface area (Å²) in [6.45, 7) is 5.58. The summed E-state index contributed by atoms with van der Waals surface area (Å²) in [4.78, 5) is 12.9. The summed E-state index contributed by atoms with van der Waals surface area (Å²) in [6.07, 6.45) is 1.09. The van der Waals surface area contributed by atoms with E-state index in [2.05, 4.69) is 31.2 Å². The van der Waals surface area contributed by atoms with Crippen LogP contribution in [-0.4, -0.2) is 23.9 Å². The average molecular weight is 203 g/mol. The van der Waals surface area contributed by atoms with Crippen molar-refractivity contribution in [3.05, 3.63) is 35.4 Å². The number of rotatable bonds is 2. The van der Waals surface area contributed by atoms with Crippen molar-refractivity contribution in [2.45, 2.75) is 26.2 Å². The standard InChI is InChI=1S/C13H17NO/c1-3-11-4-6-12(7-5-11)13-8-14(9-13)10(2)15/h4-7,13H,3,8-9H2,1-2H3. The van der Waals surface area contributed by atoms with Gasteiger partial charge in [-0.2, -0.15) is 0 Å². The molecule has 1 amide bonds. The van der Waals surface area contributed by atoms with Crippen LogP contribution >= 0.6 is 0 Å². The lowest BCUT2D eigenvalue weighted by atomic mass is 9.91. The summed E-state index contributed by atoms with van der Waals surface area (Å²) in [6, 6.07) is 8.76. The Morgan fingerprint density at radius 1 is 1.33 bits per heavy atom. The largest absolute Gasteiger partial charge is 0.342 e. The van der Waals surface area contributed by atoms with E-state index in [0.29, 0.717) is 5.92 Å². The summed E-state index contributed by atoms with van der Waals surface area (Å²) < 4.78 is 0. The monoisotopic (exact) mass is 203 g/mol. The van der Waals surface area contributed by atoms with E-state index in [1.165, 1.54) is 11.1 Å². The second-order valence-corrected chi connectivity index (χ2v) is 4.22. The highest BCUT2D eigenvalue weighted by Crippen LogP contribution is 2.26. The van der Waals surface area contributed by atoms with Gasteiger partial charge < -0.3 is 4.90 Å². The molecule has 0 atom stereocenters. The fourth-order valence-corrected chi connectivity index (χ4v) is 1.97. The summed E-state index contributed by atoms with van der Waals surface area (Å²) in [7, 11) is 0. The average Bonchev–Trinajstić information content (AvgIpc) is 2.16. The molecule has 1 heterocycles. The van der Waals surface area contributed by atoms with Gasteiger partial charge in [-0.15, -0.1) is 0 Å². The predicted molar refractivity (Wildman–Crippen MR) is 60.8 cm³/mol. The van der Waals surface area contributed by atoms with Gasteiger partial charge in [-0.05, 0) is 17.5 Å². The molecule has 0 saturated carbocycles. The molecule has 1 fully saturated rings. The van der Waals surface area contributed by atoms with Crippen LogP contribution in [0.5, 0.6) is 0 Å². The molecule has 0 N–H and O–H groups in total. The number of nitrogens with zero attached hydrogens (tertiary/aromatic N) is 1. The zero-order valence-corrected chi connectivity index (χ0v) is 9.36. The fourth-order valence-electron chi connectivity index (χ4n) is 1.97. The van der Waals surface area contributed by atoms with Gasteiger partial charge >= 0.3 is 0 Å². The van der Waals surface area contributed by atoms with Gasteiger partial charge in [0.15, 0.2) is 0 Å². The van der Waals surface area contributed by atoms with Crippen LogP contribution in [0.25, 0.3) is 0 Å². The van der Waals surface area contributed by atoms with Crippen molar-refractivity contribution >= 4 is 5.91 Å². The van der Waals surface area contributed by atoms with E-state index in [0.717, 1.165) is 19.5 Å². The molecule has 1 aliphatic heterocycles. The van der Waals surface area contributed by atoms with E-state index < -0.39 is 0 Å². The van der Waals surface area contributed by atoms with Crippen molar-refractivity contribution < 1.29 is 4.79 Å².